The van der Waals surface area contributed by atoms with Crippen molar-refractivity contribution in [2.24, 2.45) is 0 Å². The summed E-state index contributed by atoms with van der Waals surface area (Å²) in [7, 11) is -3.61. The van der Waals surface area contributed by atoms with Gasteiger partial charge in [-0.15, -0.1) is 0 Å². The van der Waals surface area contributed by atoms with Crippen LogP contribution in [0.1, 0.15) is 31.9 Å². The van der Waals surface area contributed by atoms with Gasteiger partial charge < -0.3 is 9.08 Å². The maximum Gasteiger partial charge on any atom is 0.308 e. The second-order valence-corrected chi connectivity index (χ2v) is 8.36. The van der Waals surface area contributed by atoms with E-state index in [1.165, 1.54) is 19.1 Å². The summed E-state index contributed by atoms with van der Waals surface area (Å²) in [5.74, 6) is -0.329. The van der Waals surface area contributed by atoms with E-state index < -0.39 is 10.1 Å². The summed E-state index contributed by atoms with van der Waals surface area (Å²) in [6.45, 7) is 5.64. The fraction of sp³-hybridized carbons (Fsp3) is 0.350. The Hall–Kier alpha value is -2.41. The van der Waals surface area contributed by atoms with Crippen molar-refractivity contribution in [3.05, 3.63) is 65.5 Å². The normalized spacial score (nSPS) is 11.4. The van der Waals surface area contributed by atoms with Crippen molar-refractivity contribution >= 4 is 16.0 Å². The number of nitrogens with zero attached hydrogens (tertiary/aromatic N) is 1. The average Bonchev–Trinajstić information content (AvgIpc) is 2.61. The Bertz CT molecular complexity index is 879. The van der Waals surface area contributed by atoms with Gasteiger partial charge in [0.1, 0.15) is 11.6 Å². The number of hydrogen-bond donors (Lipinski definition) is 0. The smallest absolute Gasteiger partial charge is 0.308 e. The summed E-state index contributed by atoms with van der Waals surface area (Å²) in [6, 6.07) is 12.5. The lowest BCUT2D eigenvalue weighted by Gasteiger charge is -2.27. The van der Waals surface area contributed by atoms with Gasteiger partial charge in [0.2, 0.25) is 5.91 Å². The Morgan fingerprint density at radius 1 is 1.11 bits per heavy atom. The van der Waals surface area contributed by atoms with Gasteiger partial charge in [-0.3, -0.25) is 4.79 Å². The third-order valence-electron chi connectivity index (χ3n) is 4.04. The second kappa shape index (κ2) is 8.99. The van der Waals surface area contributed by atoms with Crippen LogP contribution in [0, 0.1) is 5.82 Å². The molecule has 0 heterocycles. The van der Waals surface area contributed by atoms with Crippen LogP contribution in [-0.2, 0) is 27.9 Å². The van der Waals surface area contributed by atoms with Crippen molar-refractivity contribution in [2.45, 2.75) is 39.8 Å². The van der Waals surface area contributed by atoms with Crippen LogP contribution in [-0.4, -0.2) is 31.0 Å². The average molecular weight is 393 g/mol. The molecule has 0 atom stereocenters. The lowest BCUT2D eigenvalue weighted by molar-refractivity contribution is -0.132. The zero-order chi connectivity index (χ0) is 20.0. The largest absolute Gasteiger partial charge is 0.382 e. The van der Waals surface area contributed by atoms with E-state index >= 15 is 0 Å². The molecule has 7 heteroatoms. The van der Waals surface area contributed by atoms with Gasteiger partial charge in [0.15, 0.2) is 0 Å². The Balaban J connectivity index is 2.13. The van der Waals surface area contributed by atoms with Crippen LogP contribution in [0.3, 0.4) is 0 Å². The van der Waals surface area contributed by atoms with Gasteiger partial charge in [0.05, 0.1) is 12.2 Å². The van der Waals surface area contributed by atoms with Crippen LogP contribution in [0.5, 0.6) is 5.75 Å². The minimum Gasteiger partial charge on any atom is -0.382 e. The molecule has 146 valence electrons. The lowest BCUT2D eigenvalue weighted by Crippen LogP contribution is -2.37. The van der Waals surface area contributed by atoms with E-state index in [9.17, 15) is 17.6 Å². The van der Waals surface area contributed by atoms with Crippen LogP contribution in [0.25, 0.3) is 0 Å². The predicted molar refractivity (Wildman–Crippen MR) is 102 cm³/mol. The fourth-order valence-electron chi connectivity index (χ4n) is 2.54. The maximum atomic E-state index is 13.0. The molecule has 0 aliphatic carbocycles. The van der Waals surface area contributed by atoms with Gasteiger partial charge in [0.25, 0.3) is 0 Å². The van der Waals surface area contributed by atoms with Crippen LogP contribution < -0.4 is 4.18 Å². The van der Waals surface area contributed by atoms with Gasteiger partial charge in [0, 0.05) is 12.6 Å². The molecular weight excluding hydrogens is 369 g/mol. The molecular formula is C20H24FNO4S. The van der Waals surface area contributed by atoms with Crippen LogP contribution in [0.15, 0.2) is 48.5 Å². The quantitative estimate of drug-likeness (QED) is 0.644. The van der Waals surface area contributed by atoms with Crippen LogP contribution in [0.4, 0.5) is 4.39 Å². The molecule has 1 amide bonds. The number of hydrogen-bond acceptors (Lipinski definition) is 4. The van der Waals surface area contributed by atoms with Gasteiger partial charge in [-0.05, 0) is 56.2 Å². The maximum absolute atomic E-state index is 13.0. The van der Waals surface area contributed by atoms with E-state index in [0.29, 0.717) is 6.54 Å². The summed E-state index contributed by atoms with van der Waals surface area (Å²) in [5.41, 5.74) is 1.50. The standard InChI is InChI=1S/C20H24FNO4S/c1-4-27(24,25)26-19-7-5-6-17(12-19)14-22(15(2)3)20(23)13-16-8-10-18(21)11-9-16/h5-12,15H,4,13-14H2,1-3H3. The second-order valence-electron chi connectivity index (χ2n) is 6.50. The molecule has 0 unspecified atom stereocenters. The molecule has 0 aliphatic heterocycles. The van der Waals surface area contributed by atoms with Gasteiger partial charge >= 0.3 is 10.1 Å². The first-order chi connectivity index (χ1) is 12.7. The van der Waals surface area contributed by atoms with E-state index in [2.05, 4.69) is 0 Å². The Kier molecular flexibility index (Phi) is 6.96. The minimum atomic E-state index is -3.61. The first kappa shape index (κ1) is 20.9. The molecule has 0 saturated carbocycles. The lowest BCUT2D eigenvalue weighted by atomic mass is 10.1. The minimum absolute atomic E-state index is 0.0538. The van der Waals surface area contributed by atoms with E-state index in [1.54, 1.807) is 35.2 Å². The number of rotatable bonds is 8. The van der Waals surface area contributed by atoms with Crippen molar-refractivity contribution in [3.8, 4) is 5.75 Å². The highest BCUT2D eigenvalue weighted by atomic mass is 32.2. The first-order valence-corrected chi connectivity index (χ1v) is 10.3. The van der Waals surface area contributed by atoms with Gasteiger partial charge in [-0.1, -0.05) is 24.3 Å². The summed E-state index contributed by atoms with van der Waals surface area (Å²) in [6.07, 6.45) is 0.166. The van der Waals surface area contributed by atoms with Crippen LogP contribution in [0.2, 0.25) is 0 Å². The monoisotopic (exact) mass is 393 g/mol. The number of amides is 1. The molecule has 2 rings (SSSR count). The van der Waals surface area contributed by atoms with Crippen molar-refractivity contribution in [3.63, 3.8) is 0 Å². The summed E-state index contributed by atoms with van der Waals surface area (Å²) in [4.78, 5) is 14.4. The molecule has 5 nitrogen and oxygen atoms in total. The summed E-state index contributed by atoms with van der Waals surface area (Å²) >= 11 is 0. The SMILES string of the molecule is CCS(=O)(=O)Oc1cccc(CN(C(=O)Cc2ccc(F)cc2)C(C)C)c1. The molecule has 0 aliphatic rings. The van der Waals surface area contributed by atoms with Crippen molar-refractivity contribution in [2.75, 3.05) is 5.75 Å². The highest BCUT2D eigenvalue weighted by molar-refractivity contribution is 7.87. The number of carbonyl (C=O) groups is 1. The van der Waals surface area contributed by atoms with E-state index in [1.807, 2.05) is 19.9 Å². The molecule has 0 aromatic heterocycles. The van der Waals surface area contributed by atoms with E-state index in [-0.39, 0.29) is 35.7 Å². The third kappa shape index (κ3) is 6.36. The fourth-order valence-corrected chi connectivity index (χ4v) is 3.05. The molecule has 2 aromatic carbocycles. The van der Waals surface area contributed by atoms with Crippen molar-refractivity contribution < 1.29 is 21.8 Å². The molecule has 27 heavy (non-hydrogen) atoms. The molecule has 0 radical (unpaired) electrons. The molecule has 0 fully saturated rings. The van der Waals surface area contributed by atoms with E-state index in [0.717, 1.165) is 11.1 Å². The zero-order valence-corrected chi connectivity index (χ0v) is 16.5. The van der Waals surface area contributed by atoms with E-state index in [4.69, 9.17) is 4.18 Å². The van der Waals surface area contributed by atoms with Gasteiger partial charge in [-0.2, -0.15) is 8.42 Å². The number of halogens is 1. The molecule has 2 aromatic rings. The first-order valence-electron chi connectivity index (χ1n) is 8.75. The Morgan fingerprint density at radius 3 is 2.37 bits per heavy atom. The highest BCUT2D eigenvalue weighted by Gasteiger charge is 2.18. The molecule has 0 spiro atoms. The summed E-state index contributed by atoms with van der Waals surface area (Å²) < 4.78 is 41.3. The van der Waals surface area contributed by atoms with Crippen molar-refractivity contribution in [1.82, 2.24) is 4.90 Å². The molecule has 0 N–H and O–H groups in total. The topological polar surface area (TPSA) is 63.7 Å². The van der Waals surface area contributed by atoms with Gasteiger partial charge in [-0.25, -0.2) is 4.39 Å². The number of carbonyl (C=O) groups excluding carboxylic acids is 1. The third-order valence-corrected chi connectivity index (χ3v) is 5.19. The zero-order valence-electron chi connectivity index (χ0n) is 15.7. The Labute approximate surface area is 159 Å². The predicted octanol–water partition coefficient (Wildman–Crippen LogP) is 3.53. The van der Waals surface area contributed by atoms with Crippen molar-refractivity contribution in [1.29, 1.82) is 0 Å². The summed E-state index contributed by atoms with van der Waals surface area (Å²) in [5, 5.41) is 0. The number of benzene rings is 2. The van der Waals surface area contributed by atoms with Crippen LogP contribution >= 0.6 is 0 Å². The molecule has 0 saturated heterocycles. The Morgan fingerprint density at radius 2 is 1.78 bits per heavy atom. The highest BCUT2D eigenvalue weighted by Crippen LogP contribution is 2.19. The molecule has 0 bridgehead atoms.